The van der Waals surface area contributed by atoms with Crippen molar-refractivity contribution < 1.29 is 9.53 Å². The van der Waals surface area contributed by atoms with Crippen LogP contribution in [0.4, 0.5) is 4.79 Å². The highest BCUT2D eigenvalue weighted by Crippen LogP contribution is 2.32. The first-order valence-corrected chi connectivity index (χ1v) is 5.55. The van der Waals surface area contributed by atoms with Gasteiger partial charge in [-0.1, -0.05) is 24.3 Å². The van der Waals surface area contributed by atoms with E-state index >= 15 is 0 Å². The molecule has 0 aromatic heterocycles. The molecule has 1 heterocycles. The molecule has 0 fully saturated rings. The molecule has 0 radical (unpaired) electrons. The van der Waals surface area contributed by atoms with Crippen molar-refractivity contribution in [2.24, 2.45) is 0 Å². The fraction of sp³-hybridized carbons (Fsp3) is 0.154. The summed E-state index contributed by atoms with van der Waals surface area (Å²) in [4.78, 5) is 11.6. The Kier molecular flexibility index (Phi) is 2.14. The number of rotatable bonds is 1. The van der Waals surface area contributed by atoms with E-state index < -0.39 is 0 Å². The van der Waals surface area contributed by atoms with Crippen molar-refractivity contribution in [3.63, 3.8) is 0 Å². The van der Waals surface area contributed by atoms with E-state index in [1.807, 2.05) is 18.2 Å². The van der Waals surface area contributed by atoms with Gasteiger partial charge in [-0.05, 0) is 18.4 Å². The van der Waals surface area contributed by atoms with E-state index in [-0.39, 0.29) is 6.09 Å². The lowest BCUT2D eigenvalue weighted by Gasteiger charge is -2.00. The van der Waals surface area contributed by atoms with E-state index in [1.54, 1.807) is 13.1 Å². The molecule has 0 amide bonds. The third kappa shape index (κ3) is 1.49. The van der Waals surface area contributed by atoms with Gasteiger partial charge in [0.25, 0.3) is 0 Å². The van der Waals surface area contributed by atoms with Gasteiger partial charge in [0.15, 0.2) is 0 Å². The van der Waals surface area contributed by atoms with E-state index in [9.17, 15) is 4.79 Å². The quantitative estimate of drug-likeness (QED) is 0.695. The second kappa shape index (κ2) is 3.66. The highest BCUT2D eigenvalue weighted by Gasteiger charge is 2.15. The molecule has 1 aliphatic heterocycles. The third-order valence-corrected chi connectivity index (χ3v) is 2.79. The Labute approximate surface area is 98.1 Å². The van der Waals surface area contributed by atoms with Crippen LogP contribution in [0.1, 0.15) is 6.92 Å². The van der Waals surface area contributed by atoms with E-state index in [0.29, 0.717) is 6.61 Å². The van der Waals surface area contributed by atoms with Crippen molar-refractivity contribution in [1.82, 2.24) is 9.78 Å². The van der Waals surface area contributed by atoms with E-state index in [0.717, 1.165) is 16.6 Å². The zero-order chi connectivity index (χ0) is 11.8. The first kappa shape index (κ1) is 9.96. The predicted molar refractivity (Wildman–Crippen MR) is 65.3 cm³/mol. The average Bonchev–Trinajstić information content (AvgIpc) is 2.86. The van der Waals surface area contributed by atoms with Crippen molar-refractivity contribution in [1.29, 1.82) is 0 Å². The summed E-state index contributed by atoms with van der Waals surface area (Å²) in [5.74, 6) is 0. The average molecular weight is 228 g/mol. The molecule has 0 saturated heterocycles. The zero-order valence-corrected chi connectivity index (χ0v) is 9.43. The van der Waals surface area contributed by atoms with Crippen LogP contribution >= 0.6 is 0 Å². The van der Waals surface area contributed by atoms with Crippen molar-refractivity contribution in [2.75, 3.05) is 6.61 Å². The fourth-order valence-electron chi connectivity index (χ4n) is 2.06. The molecule has 0 unspecified atom stereocenters. The van der Waals surface area contributed by atoms with Gasteiger partial charge in [0.2, 0.25) is 0 Å². The summed E-state index contributed by atoms with van der Waals surface area (Å²) in [6.45, 7) is 2.16. The summed E-state index contributed by atoms with van der Waals surface area (Å²) in [5.41, 5.74) is 1.98. The van der Waals surface area contributed by atoms with Gasteiger partial charge in [-0.3, -0.25) is 5.10 Å². The number of hydrogen-bond acceptors (Lipinski definition) is 2. The monoisotopic (exact) mass is 228 g/mol. The van der Waals surface area contributed by atoms with Gasteiger partial charge in [-0.2, -0.15) is 4.68 Å². The molecule has 0 spiro atoms. The van der Waals surface area contributed by atoms with Crippen molar-refractivity contribution in [3.8, 4) is 11.3 Å². The van der Waals surface area contributed by atoms with Crippen LogP contribution in [0.25, 0.3) is 22.0 Å². The topological polar surface area (TPSA) is 47.0 Å². The maximum Gasteiger partial charge on any atom is 0.432 e. The lowest BCUT2D eigenvalue weighted by Crippen LogP contribution is -2.13. The van der Waals surface area contributed by atoms with Gasteiger partial charge in [-0.25, -0.2) is 4.79 Å². The number of hydrogen-bond donors (Lipinski definition) is 1. The Morgan fingerprint density at radius 1 is 1.41 bits per heavy atom. The normalized spacial score (nSPS) is 11.1. The molecular formula is C13H12N2O2. The van der Waals surface area contributed by atoms with Crippen LogP contribution in [-0.4, -0.2) is 22.5 Å². The molecule has 1 N–H and O–H groups in total. The van der Waals surface area contributed by atoms with Crippen molar-refractivity contribution >= 4 is 16.9 Å². The van der Waals surface area contributed by atoms with Crippen LogP contribution in [0.2, 0.25) is 0 Å². The molecule has 17 heavy (non-hydrogen) atoms. The second-order valence-electron chi connectivity index (χ2n) is 3.87. The number of carbonyl (C=O) groups excluding carboxylic acids is 1. The van der Waals surface area contributed by atoms with Crippen LogP contribution in [0, 0.1) is 0 Å². The molecular weight excluding hydrogens is 216 g/mol. The van der Waals surface area contributed by atoms with Crippen LogP contribution in [0.3, 0.4) is 0 Å². The summed E-state index contributed by atoms with van der Waals surface area (Å²) in [7, 11) is 0. The first-order chi connectivity index (χ1) is 8.29. The number of aromatic amines is 1. The molecule has 1 aromatic carbocycles. The molecule has 4 nitrogen and oxygen atoms in total. The minimum Gasteiger partial charge on any atom is -0.448 e. The molecule has 3 rings (SSSR count). The van der Waals surface area contributed by atoms with Gasteiger partial charge < -0.3 is 4.74 Å². The zero-order valence-electron chi connectivity index (χ0n) is 9.43. The fourth-order valence-corrected chi connectivity index (χ4v) is 2.06. The Morgan fingerprint density at radius 3 is 3.06 bits per heavy atom. The number of H-pyrrole nitrogens is 1. The highest BCUT2D eigenvalue weighted by atomic mass is 16.5. The Hall–Kier alpha value is -2.23. The largest absolute Gasteiger partial charge is 0.448 e. The Balaban J connectivity index is 2.14. The molecule has 1 aromatic rings. The maximum atomic E-state index is 11.6. The van der Waals surface area contributed by atoms with E-state index in [4.69, 9.17) is 4.74 Å². The van der Waals surface area contributed by atoms with Crippen LogP contribution in [-0.2, 0) is 4.74 Å². The van der Waals surface area contributed by atoms with E-state index in [1.165, 1.54) is 10.1 Å². The molecule has 2 aliphatic rings. The van der Waals surface area contributed by atoms with Gasteiger partial charge in [0.1, 0.15) is 0 Å². The van der Waals surface area contributed by atoms with Gasteiger partial charge >= 0.3 is 6.09 Å². The van der Waals surface area contributed by atoms with Gasteiger partial charge in [-0.15, -0.1) is 0 Å². The Bertz CT molecular complexity index is 651. The van der Waals surface area contributed by atoms with Crippen LogP contribution < -0.4 is 0 Å². The van der Waals surface area contributed by atoms with E-state index in [2.05, 4.69) is 17.2 Å². The summed E-state index contributed by atoms with van der Waals surface area (Å²) in [5, 5.41) is 5.33. The third-order valence-electron chi connectivity index (χ3n) is 2.79. The predicted octanol–water partition coefficient (Wildman–Crippen LogP) is 3.08. The summed E-state index contributed by atoms with van der Waals surface area (Å²) < 4.78 is 6.31. The van der Waals surface area contributed by atoms with Gasteiger partial charge in [0.05, 0.1) is 12.3 Å². The number of nitrogens with one attached hydrogen (secondary N) is 1. The SMILES string of the molecule is CCOC(=O)n1cc2cc3ccccc3c-2[nH]1. The molecule has 0 bridgehead atoms. The van der Waals surface area contributed by atoms with Crippen molar-refractivity contribution in [3.05, 3.63) is 36.5 Å². The Morgan fingerprint density at radius 2 is 2.24 bits per heavy atom. The number of fused-ring (bicyclic) bond motifs is 3. The minimum atomic E-state index is -0.382. The number of carbonyl (C=O) groups is 1. The van der Waals surface area contributed by atoms with Gasteiger partial charge in [0, 0.05) is 17.1 Å². The maximum absolute atomic E-state index is 11.6. The highest BCUT2D eigenvalue weighted by molar-refractivity contribution is 6.00. The molecule has 0 atom stereocenters. The first-order valence-electron chi connectivity index (χ1n) is 5.55. The standard InChI is InChI=1S/C13H12N2O2/c1-2-17-13(16)15-8-10-7-9-5-3-4-6-11(9)12(10)14-15/h3-8,14H,2H2,1H3. The second-order valence-corrected chi connectivity index (χ2v) is 3.87. The minimum absolute atomic E-state index is 0.371. The number of benzene rings is 1. The summed E-state index contributed by atoms with van der Waals surface area (Å²) in [6, 6.07) is 10.1. The van der Waals surface area contributed by atoms with Crippen LogP contribution in [0.5, 0.6) is 0 Å². The summed E-state index contributed by atoms with van der Waals surface area (Å²) >= 11 is 0. The molecule has 0 saturated carbocycles. The molecule has 86 valence electrons. The smallest absolute Gasteiger partial charge is 0.432 e. The number of aromatic nitrogens is 2. The number of ether oxygens (including phenoxy) is 1. The molecule has 1 aliphatic carbocycles. The van der Waals surface area contributed by atoms with Crippen LogP contribution in [0.15, 0.2) is 36.5 Å². The van der Waals surface area contributed by atoms with Crippen molar-refractivity contribution in [2.45, 2.75) is 6.92 Å². The summed E-state index contributed by atoms with van der Waals surface area (Å²) in [6.07, 6.45) is 1.38. The lowest BCUT2D eigenvalue weighted by atomic mass is 10.2. The number of nitrogens with zero attached hydrogens (tertiary/aromatic N) is 1. The molecule has 4 heteroatoms. The lowest BCUT2D eigenvalue weighted by molar-refractivity contribution is 0.150.